The molecule has 0 fully saturated rings. The maximum absolute atomic E-state index is 15.1. The molecule has 0 aliphatic heterocycles. The van der Waals surface area contributed by atoms with Crippen molar-refractivity contribution in [2.24, 2.45) is 0 Å². The van der Waals surface area contributed by atoms with E-state index in [0.717, 1.165) is 12.3 Å². The summed E-state index contributed by atoms with van der Waals surface area (Å²) in [5.74, 6) is -1.05. The van der Waals surface area contributed by atoms with Crippen LogP contribution in [0.2, 0.25) is 0 Å². The molecular weight excluding hydrogens is 535 g/mol. The molecule has 0 saturated heterocycles. The third-order valence-corrected chi connectivity index (χ3v) is 6.42. The third kappa shape index (κ3) is 5.40. The Kier molecular flexibility index (Phi) is 7.04. The maximum atomic E-state index is 15.1. The molecule has 206 valence electrons. The predicted octanol–water partition coefficient (Wildman–Crippen LogP) is 5.27. The Morgan fingerprint density at radius 3 is 2.62 bits per heavy atom. The van der Waals surface area contributed by atoms with Gasteiger partial charge in [-0.15, -0.1) is 0 Å². The van der Waals surface area contributed by atoms with Crippen molar-refractivity contribution in [3.05, 3.63) is 92.9 Å². The number of fused-ring (bicyclic) bond motifs is 2. The van der Waals surface area contributed by atoms with Gasteiger partial charge in [-0.3, -0.25) is 9.59 Å². The molecule has 13 heteroatoms. The summed E-state index contributed by atoms with van der Waals surface area (Å²) >= 11 is 0. The molecule has 0 bridgehead atoms. The quantitative estimate of drug-likeness (QED) is 0.265. The van der Waals surface area contributed by atoms with E-state index in [0.29, 0.717) is 29.1 Å². The van der Waals surface area contributed by atoms with Crippen LogP contribution in [0.25, 0.3) is 33.1 Å². The van der Waals surface area contributed by atoms with E-state index in [4.69, 9.17) is 0 Å². The molecule has 0 amide bonds. The number of hydrogen-bond acceptors (Lipinski definition) is 6. The van der Waals surface area contributed by atoms with Crippen LogP contribution in [0, 0.1) is 11.6 Å². The normalized spacial score (nSPS) is 12.7. The molecule has 3 aromatic heterocycles. The van der Waals surface area contributed by atoms with Crippen LogP contribution < -0.4 is 16.4 Å². The van der Waals surface area contributed by atoms with E-state index in [1.165, 1.54) is 35.0 Å². The average molecular weight is 556 g/mol. The van der Waals surface area contributed by atoms with E-state index in [9.17, 15) is 27.2 Å². The highest BCUT2D eigenvalue weighted by Crippen LogP contribution is 2.32. The maximum Gasteiger partial charge on any atom is 0.423 e. The summed E-state index contributed by atoms with van der Waals surface area (Å²) < 4.78 is 69.7. The zero-order valence-corrected chi connectivity index (χ0v) is 20.9. The highest BCUT2D eigenvalue weighted by molar-refractivity contribution is 5.87. The lowest BCUT2D eigenvalue weighted by Crippen LogP contribution is -2.27. The molecule has 8 nitrogen and oxygen atoms in total. The van der Waals surface area contributed by atoms with Gasteiger partial charge in [0.1, 0.15) is 17.2 Å². The summed E-state index contributed by atoms with van der Waals surface area (Å²) in [6, 6.07) is 7.75. The van der Waals surface area contributed by atoms with E-state index in [-0.39, 0.29) is 23.3 Å². The second-order valence-corrected chi connectivity index (χ2v) is 9.30. The molecule has 0 unspecified atom stereocenters. The van der Waals surface area contributed by atoms with Gasteiger partial charge in [-0.2, -0.15) is 18.3 Å². The summed E-state index contributed by atoms with van der Waals surface area (Å²) in [4.78, 5) is 33.1. The summed E-state index contributed by atoms with van der Waals surface area (Å²) in [6.45, 7) is 1.88. The Hall–Kier alpha value is -4.68. The lowest BCUT2D eigenvalue weighted by Gasteiger charge is -2.18. The fourth-order valence-corrected chi connectivity index (χ4v) is 4.48. The topological polar surface area (TPSA) is 106 Å². The van der Waals surface area contributed by atoms with Gasteiger partial charge in [0.05, 0.1) is 28.4 Å². The van der Waals surface area contributed by atoms with Crippen molar-refractivity contribution in [2.75, 3.05) is 5.32 Å². The van der Waals surface area contributed by atoms with E-state index in [2.05, 4.69) is 20.4 Å². The molecule has 0 spiro atoms. The smallest absolute Gasteiger partial charge is 0.381 e. The zero-order valence-electron chi connectivity index (χ0n) is 20.9. The van der Waals surface area contributed by atoms with Crippen molar-refractivity contribution in [3.63, 3.8) is 0 Å². The second-order valence-electron chi connectivity index (χ2n) is 9.30. The molecule has 1 atom stereocenters. The number of hydrogen-bond donors (Lipinski definition) is 2. The SMILES string of the molecule is C[C@@H](CCCn1ccc2cc(-c3ncc4cc(F)ccc4n3)c(F)cc2c1=O)Nc1cn[nH]c(=O)c1C(F)(F)F. The molecular formula is C27H21F5N6O2. The van der Waals surface area contributed by atoms with E-state index >= 15 is 4.39 Å². The number of aromatic nitrogens is 5. The van der Waals surface area contributed by atoms with Gasteiger partial charge in [-0.05, 0) is 61.5 Å². The summed E-state index contributed by atoms with van der Waals surface area (Å²) in [6.07, 6.45) is -0.230. The molecule has 0 aliphatic rings. The first-order chi connectivity index (χ1) is 19.0. The van der Waals surface area contributed by atoms with E-state index in [1.807, 2.05) is 0 Å². The molecule has 3 heterocycles. The van der Waals surface area contributed by atoms with Gasteiger partial charge in [-0.25, -0.2) is 23.8 Å². The number of H-pyrrole nitrogens is 1. The number of pyridine rings is 1. The number of anilines is 1. The number of aryl methyl sites for hydroxylation is 1. The van der Waals surface area contributed by atoms with Gasteiger partial charge in [0.2, 0.25) is 0 Å². The molecule has 0 aliphatic carbocycles. The van der Waals surface area contributed by atoms with E-state index in [1.54, 1.807) is 24.3 Å². The zero-order chi connectivity index (χ0) is 28.6. The summed E-state index contributed by atoms with van der Waals surface area (Å²) in [5.41, 5.74) is -3.04. The molecule has 0 saturated carbocycles. The van der Waals surface area contributed by atoms with Crippen molar-refractivity contribution < 1.29 is 22.0 Å². The van der Waals surface area contributed by atoms with Crippen LogP contribution in [0.15, 0.2) is 64.6 Å². The second kappa shape index (κ2) is 10.5. The molecule has 2 N–H and O–H groups in total. The standard InChI is InChI=1S/C27H21F5N6O2/c1-14(35-22-13-34-37-25(39)23(22)27(30,31)32)3-2-7-38-8-6-15-10-19(20(29)11-18(15)26(38)40)24-33-12-16-9-17(28)4-5-21(16)36-24/h4-6,8-14H,2-3,7H2,1H3,(H2,35,37,39)/t14-/m0/s1. The summed E-state index contributed by atoms with van der Waals surface area (Å²) in [7, 11) is 0. The molecule has 2 aromatic carbocycles. The van der Waals surface area contributed by atoms with Crippen LogP contribution >= 0.6 is 0 Å². The van der Waals surface area contributed by atoms with Crippen molar-refractivity contribution in [1.82, 2.24) is 24.7 Å². The molecule has 40 heavy (non-hydrogen) atoms. The van der Waals surface area contributed by atoms with Gasteiger partial charge in [0.15, 0.2) is 5.82 Å². The number of aromatic amines is 1. The minimum atomic E-state index is -4.86. The predicted molar refractivity (Wildman–Crippen MR) is 139 cm³/mol. The number of benzene rings is 2. The Morgan fingerprint density at radius 2 is 1.85 bits per heavy atom. The number of rotatable bonds is 7. The minimum absolute atomic E-state index is 0.0863. The molecule has 5 aromatic rings. The molecule has 0 radical (unpaired) electrons. The summed E-state index contributed by atoms with van der Waals surface area (Å²) in [5, 5.41) is 8.95. The van der Waals surface area contributed by atoms with Crippen molar-refractivity contribution in [2.45, 2.75) is 38.5 Å². The first kappa shape index (κ1) is 26.9. The van der Waals surface area contributed by atoms with Crippen molar-refractivity contribution >= 4 is 27.4 Å². The third-order valence-electron chi connectivity index (χ3n) is 6.42. The van der Waals surface area contributed by atoms with Crippen molar-refractivity contribution in [1.29, 1.82) is 0 Å². The van der Waals surface area contributed by atoms with E-state index < -0.39 is 46.2 Å². The van der Waals surface area contributed by atoms with Crippen LogP contribution in [-0.4, -0.2) is 30.8 Å². The number of alkyl halides is 3. The Bertz CT molecular complexity index is 1850. The van der Waals surface area contributed by atoms with Gasteiger partial charge in [0, 0.05) is 30.4 Å². The van der Waals surface area contributed by atoms with Gasteiger partial charge in [-0.1, -0.05) is 0 Å². The van der Waals surface area contributed by atoms with Crippen LogP contribution in [-0.2, 0) is 12.7 Å². The number of halogens is 5. The van der Waals surface area contributed by atoms with Gasteiger partial charge < -0.3 is 9.88 Å². The highest BCUT2D eigenvalue weighted by atomic mass is 19.4. The van der Waals surface area contributed by atoms with Gasteiger partial charge in [0.25, 0.3) is 11.1 Å². The van der Waals surface area contributed by atoms with Crippen LogP contribution in [0.3, 0.4) is 0 Å². The molecule has 5 rings (SSSR count). The first-order valence-electron chi connectivity index (χ1n) is 12.2. The monoisotopic (exact) mass is 556 g/mol. The number of nitrogens with zero attached hydrogens (tertiary/aromatic N) is 4. The minimum Gasteiger partial charge on any atom is -0.381 e. The first-order valence-corrected chi connectivity index (χ1v) is 12.2. The lowest BCUT2D eigenvalue weighted by atomic mass is 10.1. The average Bonchev–Trinajstić information content (AvgIpc) is 2.89. The Labute approximate surface area is 222 Å². The van der Waals surface area contributed by atoms with Crippen LogP contribution in [0.5, 0.6) is 0 Å². The fourth-order valence-electron chi connectivity index (χ4n) is 4.48. The Morgan fingerprint density at radius 1 is 1.05 bits per heavy atom. The van der Waals surface area contributed by atoms with Crippen LogP contribution in [0.1, 0.15) is 25.3 Å². The van der Waals surface area contributed by atoms with Crippen LogP contribution in [0.4, 0.5) is 27.6 Å². The lowest BCUT2D eigenvalue weighted by molar-refractivity contribution is -0.138. The number of nitrogens with one attached hydrogen (secondary N) is 2. The highest BCUT2D eigenvalue weighted by Gasteiger charge is 2.37. The van der Waals surface area contributed by atoms with Gasteiger partial charge >= 0.3 is 6.18 Å². The van der Waals surface area contributed by atoms with Crippen molar-refractivity contribution in [3.8, 4) is 11.4 Å². The largest absolute Gasteiger partial charge is 0.423 e. The Balaban J connectivity index is 1.31. The fraction of sp³-hybridized carbons (Fsp3) is 0.222.